The molecule has 0 aliphatic carbocycles. The molecule has 1 amide bonds. The van der Waals surface area contributed by atoms with E-state index in [-0.39, 0.29) is 11.5 Å². The summed E-state index contributed by atoms with van der Waals surface area (Å²) in [4.78, 5) is 12.5. The predicted molar refractivity (Wildman–Crippen MR) is 96.0 cm³/mol. The lowest BCUT2D eigenvalue weighted by Crippen LogP contribution is -2.14. The molecule has 1 heterocycles. The number of rotatable bonds is 5. The minimum atomic E-state index is -0.439. The number of anilines is 1. The van der Waals surface area contributed by atoms with E-state index < -0.39 is 5.91 Å². The van der Waals surface area contributed by atoms with Gasteiger partial charge in [-0.1, -0.05) is 11.6 Å². The fourth-order valence-corrected chi connectivity index (χ4v) is 2.57. The van der Waals surface area contributed by atoms with Gasteiger partial charge in [0.2, 0.25) is 0 Å². The largest absolute Gasteiger partial charge is 0.495 e. The lowest BCUT2D eigenvalue weighted by molar-refractivity contribution is 0.102. The van der Waals surface area contributed by atoms with Crippen LogP contribution in [-0.2, 0) is 0 Å². The Morgan fingerprint density at radius 2 is 1.81 bits per heavy atom. The van der Waals surface area contributed by atoms with E-state index in [1.54, 1.807) is 30.5 Å². The minimum absolute atomic E-state index is 0.184. The number of amides is 1. The van der Waals surface area contributed by atoms with Crippen LogP contribution in [0.25, 0.3) is 5.69 Å². The summed E-state index contributed by atoms with van der Waals surface area (Å²) in [6, 6.07) is 10.4. The Morgan fingerprint density at radius 1 is 1.12 bits per heavy atom. The molecule has 0 spiro atoms. The number of carbonyl (C=O) groups is 1. The standard InChI is InChI=1S/C18H15ClFN3O3/c1-25-16-10-17(26-2)15(9-13(16)19)21-18(24)14-7-8-23(22-14)12-5-3-11(20)4-6-12/h3-10H,1-2H3,(H,21,24). The van der Waals surface area contributed by atoms with Crippen molar-refractivity contribution in [3.05, 3.63) is 65.2 Å². The quantitative estimate of drug-likeness (QED) is 0.733. The maximum absolute atomic E-state index is 13.0. The zero-order valence-corrected chi connectivity index (χ0v) is 14.7. The molecule has 0 bridgehead atoms. The molecule has 1 N–H and O–H groups in total. The third-order valence-corrected chi connectivity index (χ3v) is 3.93. The predicted octanol–water partition coefficient (Wildman–Crippen LogP) is 3.93. The van der Waals surface area contributed by atoms with Crippen molar-refractivity contribution in [1.29, 1.82) is 0 Å². The van der Waals surface area contributed by atoms with Gasteiger partial charge in [0.25, 0.3) is 5.91 Å². The third kappa shape index (κ3) is 3.62. The van der Waals surface area contributed by atoms with E-state index in [4.69, 9.17) is 21.1 Å². The summed E-state index contributed by atoms with van der Waals surface area (Å²) in [7, 11) is 2.96. The Labute approximate surface area is 154 Å². The molecule has 8 heteroatoms. The van der Waals surface area contributed by atoms with E-state index in [1.165, 1.54) is 37.1 Å². The van der Waals surface area contributed by atoms with Crippen LogP contribution in [0, 0.1) is 5.82 Å². The van der Waals surface area contributed by atoms with Crippen LogP contribution in [0.2, 0.25) is 5.02 Å². The van der Waals surface area contributed by atoms with Crippen LogP contribution in [0.1, 0.15) is 10.5 Å². The van der Waals surface area contributed by atoms with Crippen molar-refractivity contribution in [2.75, 3.05) is 19.5 Å². The molecule has 134 valence electrons. The fraction of sp³-hybridized carbons (Fsp3) is 0.111. The van der Waals surface area contributed by atoms with Crippen molar-refractivity contribution in [1.82, 2.24) is 9.78 Å². The molecule has 0 saturated carbocycles. The lowest BCUT2D eigenvalue weighted by atomic mass is 10.2. The van der Waals surface area contributed by atoms with Crippen molar-refractivity contribution < 1.29 is 18.7 Å². The molecule has 0 unspecified atom stereocenters. The van der Waals surface area contributed by atoms with E-state index in [0.29, 0.717) is 27.9 Å². The molecule has 0 radical (unpaired) electrons. The number of benzene rings is 2. The second kappa shape index (κ2) is 7.45. The summed E-state index contributed by atoms with van der Waals surface area (Å²) in [6.07, 6.45) is 1.61. The van der Waals surface area contributed by atoms with Gasteiger partial charge in [0.15, 0.2) is 5.69 Å². The van der Waals surface area contributed by atoms with Gasteiger partial charge < -0.3 is 14.8 Å². The smallest absolute Gasteiger partial charge is 0.276 e. The van der Waals surface area contributed by atoms with Crippen LogP contribution in [0.5, 0.6) is 11.5 Å². The van der Waals surface area contributed by atoms with E-state index in [9.17, 15) is 9.18 Å². The molecule has 6 nitrogen and oxygen atoms in total. The number of hydrogen-bond acceptors (Lipinski definition) is 4. The summed E-state index contributed by atoms with van der Waals surface area (Å²) in [5.74, 6) is 0.0485. The van der Waals surface area contributed by atoms with Crippen molar-refractivity contribution in [2.45, 2.75) is 0 Å². The molecular weight excluding hydrogens is 361 g/mol. The Bertz CT molecular complexity index is 941. The summed E-state index contributed by atoms with van der Waals surface area (Å²) in [5, 5.41) is 7.24. The number of carbonyl (C=O) groups excluding carboxylic acids is 1. The van der Waals surface area contributed by atoms with Crippen LogP contribution in [0.4, 0.5) is 10.1 Å². The van der Waals surface area contributed by atoms with Crippen molar-refractivity contribution >= 4 is 23.2 Å². The second-order valence-electron chi connectivity index (χ2n) is 5.26. The number of halogens is 2. The van der Waals surface area contributed by atoms with Crippen LogP contribution in [0.15, 0.2) is 48.7 Å². The van der Waals surface area contributed by atoms with Gasteiger partial charge in [0, 0.05) is 12.3 Å². The highest BCUT2D eigenvalue weighted by Gasteiger charge is 2.15. The van der Waals surface area contributed by atoms with Crippen LogP contribution < -0.4 is 14.8 Å². The molecule has 0 atom stereocenters. The zero-order valence-electron chi connectivity index (χ0n) is 14.0. The van der Waals surface area contributed by atoms with Gasteiger partial charge in [-0.3, -0.25) is 4.79 Å². The van der Waals surface area contributed by atoms with E-state index in [0.717, 1.165) is 0 Å². The molecule has 2 aromatic carbocycles. The molecule has 26 heavy (non-hydrogen) atoms. The van der Waals surface area contributed by atoms with Gasteiger partial charge in [-0.25, -0.2) is 9.07 Å². The maximum Gasteiger partial charge on any atom is 0.276 e. The number of nitrogens with one attached hydrogen (secondary N) is 1. The second-order valence-corrected chi connectivity index (χ2v) is 5.67. The summed E-state index contributed by atoms with van der Waals surface area (Å²) < 4.78 is 24.9. The average Bonchev–Trinajstić information content (AvgIpc) is 3.13. The molecular formula is C18H15ClFN3O3. The highest BCUT2D eigenvalue weighted by Crippen LogP contribution is 2.36. The number of hydrogen-bond donors (Lipinski definition) is 1. The number of ether oxygens (including phenoxy) is 2. The maximum atomic E-state index is 13.0. The van der Waals surface area contributed by atoms with E-state index in [1.807, 2.05) is 0 Å². The van der Waals surface area contributed by atoms with Gasteiger partial charge >= 0.3 is 0 Å². The summed E-state index contributed by atoms with van der Waals surface area (Å²) >= 11 is 6.10. The average molecular weight is 376 g/mol. The van der Waals surface area contributed by atoms with Crippen molar-refractivity contribution in [3.8, 4) is 17.2 Å². The zero-order chi connectivity index (χ0) is 18.7. The molecule has 0 aliphatic heterocycles. The number of aromatic nitrogens is 2. The third-order valence-electron chi connectivity index (χ3n) is 3.64. The number of nitrogens with zero attached hydrogens (tertiary/aromatic N) is 2. The molecule has 0 saturated heterocycles. The van der Waals surface area contributed by atoms with E-state index >= 15 is 0 Å². The van der Waals surface area contributed by atoms with Crippen molar-refractivity contribution in [2.24, 2.45) is 0 Å². The Hall–Kier alpha value is -3.06. The molecule has 0 fully saturated rings. The van der Waals surface area contributed by atoms with Crippen LogP contribution in [-0.4, -0.2) is 29.9 Å². The Morgan fingerprint density at radius 3 is 2.46 bits per heavy atom. The van der Waals surface area contributed by atoms with Gasteiger partial charge in [-0.05, 0) is 36.4 Å². The van der Waals surface area contributed by atoms with Crippen LogP contribution >= 0.6 is 11.6 Å². The molecule has 1 aromatic heterocycles. The highest BCUT2D eigenvalue weighted by atomic mass is 35.5. The first-order valence-electron chi connectivity index (χ1n) is 7.56. The van der Waals surface area contributed by atoms with Gasteiger partial charge in [0.05, 0.1) is 30.6 Å². The highest BCUT2D eigenvalue weighted by molar-refractivity contribution is 6.32. The normalized spacial score (nSPS) is 10.5. The molecule has 3 rings (SSSR count). The van der Waals surface area contributed by atoms with Gasteiger partial charge in [0.1, 0.15) is 17.3 Å². The minimum Gasteiger partial charge on any atom is -0.495 e. The van der Waals surface area contributed by atoms with Gasteiger partial charge in [-0.15, -0.1) is 0 Å². The summed E-state index contributed by atoms with van der Waals surface area (Å²) in [6.45, 7) is 0. The first-order valence-corrected chi connectivity index (χ1v) is 7.94. The lowest BCUT2D eigenvalue weighted by Gasteiger charge is -2.12. The molecule has 0 aliphatic rings. The SMILES string of the molecule is COc1cc(OC)c(NC(=O)c2ccn(-c3ccc(F)cc3)n2)cc1Cl. The number of methoxy groups -OCH3 is 2. The molecule has 3 aromatic rings. The summed E-state index contributed by atoms with van der Waals surface area (Å²) in [5.41, 5.74) is 1.21. The topological polar surface area (TPSA) is 65.4 Å². The monoisotopic (exact) mass is 375 g/mol. The Balaban J connectivity index is 1.83. The van der Waals surface area contributed by atoms with E-state index in [2.05, 4.69) is 10.4 Å². The van der Waals surface area contributed by atoms with Crippen molar-refractivity contribution in [3.63, 3.8) is 0 Å². The first-order chi connectivity index (χ1) is 12.5. The Kier molecular flexibility index (Phi) is 5.09. The first kappa shape index (κ1) is 17.8. The van der Waals surface area contributed by atoms with Gasteiger partial charge in [-0.2, -0.15) is 5.10 Å². The fourth-order valence-electron chi connectivity index (χ4n) is 2.33. The van der Waals surface area contributed by atoms with Crippen LogP contribution in [0.3, 0.4) is 0 Å².